The zero-order valence-corrected chi connectivity index (χ0v) is 9.90. The Morgan fingerprint density at radius 1 is 1.53 bits per heavy atom. The summed E-state index contributed by atoms with van der Waals surface area (Å²) in [5, 5.41) is 8.97. The number of hydrogen-bond donors (Lipinski definition) is 2. The monoisotopic (exact) mass is 257 g/mol. The summed E-state index contributed by atoms with van der Waals surface area (Å²) < 4.78 is 4.84. The van der Waals surface area contributed by atoms with E-state index in [1.807, 2.05) is 0 Å². The number of aromatic carboxylic acids is 1. The van der Waals surface area contributed by atoms with Crippen molar-refractivity contribution in [3.8, 4) is 0 Å². The first-order valence-electron chi connectivity index (χ1n) is 4.94. The van der Waals surface area contributed by atoms with Gasteiger partial charge in [0.2, 0.25) is 0 Å². The van der Waals surface area contributed by atoms with E-state index in [-0.39, 0.29) is 16.8 Å². The lowest BCUT2D eigenvalue weighted by Gasteiger charge is -2.11. The van der Waals surface area contributed by atoms with Crippen LogP contribution in [0.25, 0.3) is 0 Å². The summed E-state index contributed by atoms with van der Waals surface area (Å²) in [6, 6.07) is 4.22. The molecule has 3 N–H and O–H groups in total. The average Bonchev–Trinajstić information content (AvgIpc) is 2.27. The van der Waals surface area contributed by atoms with Crippen molar-refractivity contribution < 1.29 is 19.4 Å². The maximum Gasteiger partial charge on any atom is 0.340 e. The fraction of sp³-hybridized carbons (Fsp3) is 0.273. The summed E-state index contributed by atoms with van der Waals surface area (Å²) in [7, 11) is 0. The van der Waals surface area contributed by atoms with Gasteiger partial charge in [-0.3, -0.25) is 0 Å². The minimum absolute atomic E-state index is 0.00886. The smallest absolute Gasteiger partial charge is 0.340 e. The van der Waals surface area contributed by atoms with Gasteiger partial charge in [0.25, 0.3) is 0 Å². The van der Waals surface area contributed by atoms with E-state index in [2.05, 4.69) is 0 Å². The topological polar surface area (TPSA) is 89.6 Å². The van der Waals surface area contributed by atoms with Crippen molar-refractivity contribution in [2.45, 2.75) is 18.9 Å². The SMILES string of the molecule is CCC(Cl)OC(=O)c1cccc(N)c1C(=O)O. The average molecular weight is 258 g/mol. The summed E-state index contributed by atoms with van der Waals surface area (Å²) in [5.74, 6) is -2.07. The molecule has 0 aliphatic rings. The van der Waals surface area contributed by atoms with Crippen molar-refractivity contribution in [3.63, 3.8) is 0 Å². The van der Waals surface area contributed by atoms with Crippen LogP contribution in [0.15, 0.2) is 18.2 Å². The van der Waals surface area contributed by atoms with Gasteiger partial charge in [0.1, 0.15) is 0 Å². The molecule has 0 radical (unpaired) electrons. The summed E-state index contributed by atoms with van der Waals surface area (Å²) in [6.07, 6.45) is 0.429. The van der Waals surface area contributed by atoms with Crippen LogP contribution in [0, 0.1) is 0 Å². The number of esters is 1. The molecule has 1 atom stereocenters. The third-order valence-electron chi connectivity index (χ3n) is 2.09. The number of anilines is 1. The molecule has 0 fully saturated rings. The number of nitrogens with two attached hydrogens (primary N) is 1. The van der Waals surface area contributed by atoms with Crippen LogP contribution in [0.2, 0.25) is 0 Å². The van der Waals surface area contributed by atoms with E-state index in [1.165, 1.54) is 18.2 Å². The Labute approximate surface area is 103 Å². The van der Waals surface area contributed by atoms with E-state index in [0.29, 0.717) is 6.42 Å². The molecule has 0 aromatic heterocycles. The number of rotatable bonds is 4. The molecule has 6 heteroatoms. The van der Waals surface area contributed by atoms with Gasteiger partial charge in [0.15, 0.2) is 5.56 Å². The fourth-order valence-corrected chi connectivity index (χ4v) is 1.32. The van der Waals surface area contributed by atoms with E-state index in [4.69, 9.17) is 27.2 Å². The first-order valence-corrected chi connectivity index (χ1v) is 5.37. The summed E-state index contributed by atoms with van der Waals surface area (Å²) in [5.41, 5.74) is 4.36. The number of ether oxygens (including phenoxy) is 1. The molecule has 0 aliphatic heterocycles. The minimum Gasteiger partial charge on any atom is -0.478 e. The number of halogens is 1. The van der Waals surface area contributed by atoms with E-state index >= 15 is 0 Å². The molecule has 92 valence electrons. The Kier molecular flexibility index (Phi) is 4.34. The van der Waals surface area contributed by atoms with Crippen molar-refractivity contribution in [3.05, 3.63) is 29.3 Å². The maximum absolute atomic E-state index is 11.7. The summed E-state index contributed by atoms with van der Waals surface area (Å²) in [4.78, 5) is 22.6. The van der Waals surface area contributed by atoms with Gasteiger partial charge in [-0.1, -0.05) is 24.6 Å². The molecule has 1 aromatic rings. The van der Waals surface area contributed by atoms with Crippen LogP contribution in [0.4, 0.5) is 5.69 Å². The fourth-order valence-electron chi connectivity index (χ4n) is 1.24. The van der Waals surface area contributed by atoms with Gasteiger partial charge >= 0.3 is 11.9 Å². The van der Waals surface area contributed by atoms with Gasteiger partial charge in [0, 0.05) is 5.69 Å². The highest BCUT2D eigenvalue weighted by Gasteiger charge is 2.21. The molecule has 1 rings (SSSR count). The number of nitrogen functional groups attached to an aromatic ring is 1. The lowest BCUT2D eigenvalue weighted by molar-refractivity contribution is 0.0435. The number of carbonyl (C=O) groups excluding carboxylic acids is 1. The Morgan fingerprint density at radius 2 is 2.18 bits per heavy atom. The van der Waals surface area contributed by atoms with Crippen molar-refractivity contribution in [1.29, 1.82) is 0 Å². The van der Waals surface area contributed by atoms with Gasteiger partial charge in [0.05, 0.1) is 11.1 Å². The van der Waals surface area contributed by atoms with Crippen LogP contribution in [0.1, 0.15) is 34.1 Å². The van der Waals surface area contributed by atoms with Gasteiger partial charge in [-0.05, 0) is 18.6 Å². The summed E-state index contributed by atoms with van der Waals surface area (Å²) >= 11 is 5.66. The normalized spacial score (nSPS) is 11.9. The van der Waals surface area contributed by atoms with Crippen LogP contribution >= 0.6 is 11.6 Å². The van der Waals surface area contributed by atoms with Gasteiger partial charge in [-0.15, -0.1) is 0 Å². The summed E-state index contributed by atoms with van der Waals surface area (Å²) in [6.45, 7) is 1.74. The number of hydrogen-bond acceptors (Lipinski definition) is 4. The number of benzene rings is 1. The number of alkyl halides is 1. The van der Waals surface area contributed by atoms with Crippen LogP contribution in [0.5, 0.6) is 0 Å². The zero-order valence-electron chi connectivity index (χ0n) is 9.14. The van der Waals surface area contributed by atoms with Crippen molar-refractivity contribution in [2.24, 2.45) is 0 Å². The zero-order chi connectivity index (χ0) is 13.0. The second kappa shape index (κ2) is 5.54. The minimum atomic E-state index is -1.28. The number of carboxylic acids is 1. The van der Waals surface area contributed by atoms with E-state index in [0.717, 1.165) is 0 Å². The molecule has 0 saturated heterocycles. The maximum atomic E-state index is 11.7. The standard InChI is InChI=1S/C11H12ClNO4/c1-2-8(12)17-11(16)6-4-3-5-7(13)9(6)10(14)15/h3-5,8H,2,13H2,1H3,(H,14,15). The molecule has 0 saturated carbocycles. The second-order valence-electron chi connectivity index (χ2n) is 3.30. The number of carbonyl (C=O) groups is 2. The second-order valence-corrected chi connectivity index (χ2v) is 3.79. The van der Waals surface area contributed by atoms with E-state index in [1.54, 1.807) is 6.92 Å². The molecule has 0 spiro atoms. The largest absolute Gasteiger partial charge is 0.478 e. The quantitative estimate of drug-likeness (QED) is 0.490. The molecule has 0 bridgehead atoms. The van der Waals surface area contributed by atoms with Crippen LogP contribution in [-0.2, 0) is 4.74 Å². The highest BCUT2D eigenvalue weighted by molar-refractivity contribution is 6.20. The van der Waals surface area contributed by atoms with Crippen LogP contribution in [-0.4, -0.2) is 22.6 Å². The molecule has 0 amide bonds. The highest BCUT2D eigenvalue weighted by atomic mass is 35.5. The molecule has 5 nitrogen and oxygen atoms in total. The predicted octanol–water partition coefficient (Wildman–Crippen LogP) is 2.10. The first kappa shape index (κ1) is 13.3. The molecular formula is C11H12ClNO4. The lowest BCUT2D eigenvalue weighted by Crippen LogP contribution is -2.17. The van der Waals surface area contributed by atoms with Crippen LogP contribution < -0.4 is 5.73 Å². The molecule has 0 heterocycles. The molecule has 1 aromatic carbocycles. The highest BCUT2D eigenvalue weighted by Crippen LogP contribution is 2.19. The third-order valence-corrected chi connectivity index (χ3v) is 2.48. The molecule has 17 heavy (non-hydrogen) atoms. The third kappa shape index (κ3) is 3.10. The van der Waals surface area contributed by atoms with Crippen LogP contribution in [0.3, 0.4) is 0 Å². The lowest BCUT2D eigenvalue weighted by atomic mass is 10.1. The van der Waals surface area contributed by atoms with Gasteiger partial charge in [-0.2, -0.15) is 0 Å². The van der Waals surface area contributed by atoms with Crippen molar-refractivity contribution in [1.82, 2.24) is 0 Å². The Morgan fingerprint density at radius 3 is 2.71 bits per heavy atom. The van der Waals surface area contributed by atoms with Gasteiger partial charge in [-0.25, -0.2) is 9.59 Å². The first-order chi connectivity index (χ1) is 7.97. The molecule has 1 unspecified atom stereocenters. The van der Waals surface area contributed by atoms with Gasteiger partial charge < -0.3 is 15.6 Å². The van der Waals surface area contributed by atoms with E-state index in [9.17, 15) is 9.59 Å². The van der Waals surface area contributed by atoms with E-state index < -0.39 is 17.5 Å². The molecular weight excluding hydrogens is 246 g/mol. The molecule has 0 aliphatic carbocycles. The number of carboxylic acid groups (broad SMARTS) is 1. The Hall–Kier alpha value is -1.75. The van der Waals surface area contributed by atoms with Crippen molar-refractivity contribution in [2.75, 3.05) is 5.73 Å². The van der Waals surface area contributed by atoms with Crippen molar-refractivity contribution >= 4 is 29.2 Å². The Bertz CT molecular complexity index is 447. The predicted molar refractivity (Wildman–Crippen MR) is 63.2 cm³/mol. The Balaban J connectivity index is 3.09.